The van der Waals surface area contributed by atoms with Crippen molar-refractivity contribution in [2.75, 3.05) is 5.73 Å². The molecule has 0 amide bonds. The van der Waals surface area contributed by atoms with Crippen molar-refractivity contribution in [1.29, 1.82) is 0 Å². The summed E-state index contributed by atoms with van der Waals surface area (Å²) in [4.78, 5) is 12.1. The summed E-state index contributed by atoms with van der Waals surface area (Å²) >= 11 is 5.98. The van der Waals surface area contributed by atoms with Crippen molar-refractivity contribution < 1.29 is 9.53 Å². The van der Waals surface area contributed by atoms with Crippen LogP contribution in [-0.2, 0) is 24.3 Å². The van der Waals surface area contributed by atoms with Crippen LogP contribution >= 0.6 is 11.6 Å². The first-order valence-corrected chi connectivity index (χ1v) is 7.16. The second kappa shape index (κ2) is 5.73. The highest BCUT2D eigenvalue weighted by Gasteiger charge is 2.18. The van der Waals surface area contributed by atoms with E-state index in [2.05, 4.69) is 10.2 Å². The monoisotopic (exact) mass is 306 g/mol. The van der Waals surface area contributed by atoms with E-state index in [1.165, 1.54) is 6.07 Å². The molecular weight excluding hydrogens is 292 g/mol. The lowest BCUT2D eigenvalue weighted by atomic mass is 10.2. The molecule has 1 aromatic heterocycles. The lowest BCUT2D eigenvalue weighted by Gasteiger charge is -2.14. The summed E-state index contributed by atoms with van der Waals surface area (Å²) in [6.45, 7) is 0.950. The fourth-order valence-electron chi connectivity index (χ4n) is 2.38. The highest BCUT2D eigenvalue weighted by Crippen LogP contribution is 2.20. The van der Waals surface area contributed by atoms with Gasteiger partial charge in [-0.1, -0.05) is 11.6 Å². The van der Waals surface area contributed by atoms with E-state index < -0.39 is 5.97 Å². The van der Waals surface area contributed by atoms with E-state index in [9.17, 15) is 4.79 Å². The van der Waals surface area contributed by atoms with E-state index in [0.717, 1.165) is 31.6 Å². The van der Waals surface area contributed by atoms with Crippen LogP contribution in [0.15, 0.2) is 18.2 Å². The number of fused-ring (bicyclic) bond motifs is 1. The van der Waals surface area contributed by atoms with Crippen molar-refractivity contribution in [2.24, 2.45) is 0 Å². The summed E-state index contributed by atoms with van der Waals surface area (Å²) in [7, 11) is 0. The second-order valence-corrected chi connectivity index (χ2v) is 5.36. The zero-order valence-corrected chi connectivity index (χ0v) is 12.1. The van der Waals surface area contributed by atoms with E-state index >= 15 is 0 Å². The molecule has 1 aliphatic heterocycles. The van der Waals surface area contributed by atoms with E-state index in [4.69, 9.17) is 22.1 Å². The fraction of sp³-hybridized carbons (Fsp3) is 0.357. The largest absolute Gasteiger partial charge is 0.454 e. The zero-order valence-electron chi connectivity index (χ0n) is 11.4. The Kier molecular flexibility index (Phi) is 3.79. The molecule has 0 saturated heterocycles. The fourth-order valence-corrected chi connectivity index (χ4v) is 2.58. The number of ether oxygens (including phenoxy) is 1. The number of nitrogens with zero attached hydrogens (tertiary/aromatic N) is 3. The van der Waals surface area contributed by atoms with Crippen molar-refractivity contribution in [1.82, 2.24) is 14.8 Å². The molecule has 2 aromatic rings. The van der Waals surface area contributed by atoms with Crippen LogP contribution in [0.25, 0.3) is 0 Å². The predicted molar refractivity (Wildman–Crippen MR) is 77.9 cm³/mol. The molecule has 1 aliphatic rings. The highest BCUT2D eigenvalue weighted by molar-refractivity contribution is 6.33. The highest BCUT2D eigenvalue weighted by atomic mass is 35.5. The predicted octanol–water partition coefficient (Wildman–Crippen LogP) is 2.21. The topological polar surface area (TPSA) is 83.0 Å². The molecular formula is C14H15ClN4O2. The lowest BCUT2D eigenvalue weighted by molar-refractivity contribution is 0.0457. The van der Waals surface area contributed by atoms with Gasteiger partial charge in [0.05, 0.1) is 10.6 Å². The molecule has 2 N–H and O–H groups in total. The van der Waals surface area contributed by atoms with Gasteiger partial charge >= 0.3 is 5.97 Å². The Labute approximate surface area is 126 Å². The molecule has 0 fully saturated rings. The molecule has 7 heteroatoms. The summed E-state index contributed by atoms with van der Waals surface area (Å²) in [5.41, 5.74) is 6.38. The van der Waals surface area contributed by atoms with Gasteiger partial charge < -0.3 is 15.0 Å². The lowest BCUT2D eigenvalue weighted by Crippen LogP contribution is -2.15. The van der Waals surface area contributed by atoms with Gasteiger partial charge in [0.2, 0.25) is 0 Å². The molecule has 0 atom stereocenters. The summed E-state index contributed by atoms with van der Waals surface area (Å²) in [5, 5.41) is 8.51. The molecule has 0 spiro atoms. The number of benzene rings is 1. The Balaban J connectivity index is 1.71. The Morgan fingerprint density at radius 1 is 1.38 bits per heavy atom. The quantitative estimate of drug-likeness (QED) is 0.694. The van der Waals surface area contributed by atoms with Crippen LogP contribution < -0.4 is 5.73 Å². The van der Waals surface area contributed by atoms with Gasteiger partial charge in [0.15, 0.2) is 12.4 Å². The van der Waals surface area contributed by atoms with Gasteiger partial charge in [-0.3, -0.25) is 0 Å². The average Bonchev–Trinajstić information content (AvgIpc) is 2.90. The van der Waals surface area contributed by atoms with E-state index in [1.807, 2.05) is 4.57 Å². The number of esters is 1. The molecule has 6 nitrogen and oxygen atoms in total. The van der Waals surface area contributed by atoms with Crippen molar-refractivity contribution in [3.8, 4) is 0 Å². The first-order valence-electron chi connectivity index (χ1n) is 6.78. The van der Waals surface area contributed by atoms with E-state index in [-0.39, 0.29) is 12.2 Å². The maximum absolute atomic E-state index is 12.1. The van der Waals surface area contributed by atoms with Crippen molar-refractivity contribution in [3.05, 3.63) is 40.4 Å². The summed E-state index contributed by atoms with van der Waals surface area (Å²) < 4.78 is 7.28. The third kappa shape index (κ3) is 2.85. The molecule has 0 unspecified atom stereocenters. The molecule has 1 aromatic carbocycles. The Morgan fingerprint density at radius 2 is 2.24 bits per heavy atom. The van der Waals surface area contributed by atoms with Gasteiger partial charge in [-0.25, -0.2) is 4.79 Å². The third-order valence-electron chi connectivity index (χ3n) is 3.48. The average molecular weight is 307 g/mol. The number of hydrogen-bond donors (Lipinski definition) is 1. The molecule has 0 saturated carbocycles. The van der Waals surface area contributed by atoms with Crippen LogP contribution in [0.1, 0.15) is 34.8 Å². The van der Waals surface area contributed by atoms with E-state index in [1.54, 1.807) is 12.1 Å². The van der Waals surface area contributed by atoms with Crippen LogP contribution in [0.4, 0.5) is 5.69 Å². The van der Waals surface area contributed by atoms with Gasteiger partial charge in [-0.15, -0.1) is 10.2 Å². The minimum absolute atomic E-state index is 0.0803. The summed E-state index contributed by atoms with van der Waals surface area (Å²) in [5.74, 6) is 1.10. The van der Waals surface area contributed by atoms with Gasteiger partial charge in [-0.05, 0) is 31.0 Å². The molecule has 2 heterocycles. The molecule has 0 radical (unpaired) electrons. The molecule has 3 rings (SSSR count). The van der Waals surface area contributed by atoms with Crippen LogP contribution in [0.3, 0.4) is 0 Å². The minimum atomic E-state index is -0.513. The van der Waals surface area contributed by atoms with Crippen molar-refractivity contribution >= 4 is 23.3 Å². The number of carbonyl (C=O) groups excluding carboxylic acids is 1. The van der Waals surface area contributed by atoms with Crippen LogP contribution in [0.5, 0.6) is 0 Å². The number of rotatable bonds is 3. The maximum Gasteiger partial charge on any atom is 0.340 e. The van der Waals surface area contributed by atoms with Gasteiger partial charge in [0.1, 0.15) is 5.82 Å². The zero-order chi connectivity index (χ0) is 14.8. The standard InChI is InChI=1S/C14H15ClN4O2/c15-11-5-4-9(16)7-10(11)14(20)21-8-13-18-17-12-3-1-2-6-19(12)13/h4-5,7H,1-3,6,8,16H2. The number of nitrogens with two attached hydrogens (primary N) is 1. The number of halogens is 1. The van der Waals surface area contributed by atoms with Crippen molar-refractivity contribution in [2.45, 2.75) is 32.4 Å². The number of aryl methyl sites for hydroxylation is 1. The van der Waals surface area contributed by atoms with Crippen LogP contribution in [0.2, 0.25) is 5.02 Å². The minimum Gasteiger partial charge on any atom is -0.454 e. The summed E-state index contributed by atoms with van der Waals surface area (Å²) in [6, 6.07) is 4.71. The molecule has 0 bridgehead atoms. The Hall–Kier alpha value is -2.08. The number of aromatic nitrogens is 3. The number of nitrogen functional groups attached to an aromatic ring is 1. The number of hydrogen-bond acceptors (Lipinski definition) is 5. The van der Waals surface area contributed by atoms with Crippen LogP contribution in [0, 0.1) is 0 Å². The molecule has 0 aliphatic carbocycles. The Morgan fingerprint density at radius 3 is 3.10 bits per heavy atom. The van der Waals surface area contributed by atoms with E-state index in [0.29, 0.717) is 16.5 Å². The van der Waals surface area contributed by atoms with Crippen LogP contribution in [-0.4, -0.2) is 20.7 Å². The smallest absolute Gasteiger partial charge is 0.340 e. The van der Waals surface area contributed by atoms with Crippen molar-refractivity contribution in [3.63, 3.8) is 0 Å². The SMILES string of the molecule is Nc1ccc(Cl)c(C(=O)OCc2nnc3n2CCCC3)c1. The number of anilines is 1. The third-order valence-corrected chi connectivity index (χ3v) is 3.81. The first kappa shape index (κ1) is 13.9. The van der Waals surface area contributed by atoms with Gasteiger partial charge in [-0.2, -0.15) is 0 Å². The molecule has 110 valence electrons. The normalized spacial score (nSPS) is 13.8. The van der Waals surface area contributed by atoms with Gasteiger partial charge in [0, 0.05) is 18.7 Å². The second-order valence-electron chi connectivity index (χ2n) is 4.96. The number of carbonyl (C=O) groups is 1. The Bertz CT molecular complexity index is 684. The van der Waals surface area contributed by atoms with Gasteiger partial charge in [0.25, 0.3) is 0 Å². The maximum atomic E-state index is 12.1. The summed E-state index contributed by atoms with van der Waals surface area (Å²) in [6.07, 6.45) is 3.13. The molecule has 21 heavy (non-hydrogen) atoms. The first-order chi connectivity index (χ1) is 10.1.